The van der Waals surface area contributed by atoms with E-state index in [0.717, 1.165) is 45.4 Å². The molecule has 1 aromatic carbocycles. The minimum absolute atomic E-state index is 0.0140. The number of carbonyl (C=O) groups is 1. The molecule has 0 bridgehead atoms. The smallest absolute Gasteiger partial charge is 0.163 e. The number of hydrogen-bond acceptors (Lipinski definition) is 4. The Hall–Kier alpha value is -3.27. The number of carbonyl (C=O) groups excluding carboxylic acids is 1. The van der Waals surface area contributed by atoms with Crippen molar-refractivity contribution in [3.63, 3.8) is 0 Å². The molecule has 0 saturated carbocycles. The van der Waals surface area contributed by atoms with Gasteiger partial charge in [0.15, 0.2) is 5.78 Å². The lowest BCUT2D eigenvalue weighted by Crippen LogP contribution is -2.19. The molecule has 0 radical (unpaired) electrons. The summed E-state index contributed by atoms with van der Waals surface area (Å²) in [7, 11) is 0. The summed E-state index contributed by atoms with van der Waals surface area (Å²) in [4.78, 5) is 12.2. The largest absolute Gasteiger partial charge is 0.507 e. The van der Waals surface area contributed by atoms with Crippen LogP contribution in [0.3, 0.4) is 0 Å². The van der Waals surface area contributed by atoms with Crippen molar-refractivity contribution in [3.8, 4) is 5.75 Å². The highest BCUT2D eigenvalue weighted by atomic mass is 16.3. The standard InChI is InChI=1S/C28H32O4.C2H6/c1-8-25(28(5,6)7)24-13-23(19(4)29)26(30)14-22(24)18(3)27(21-10-12-32-16-21)17(2)20-9-11-31-15-20;1-2/h9-16,25,30H,2,8H2,1,3-7H3;1-2H3/b27-18-;/t25-;/m1./s1. The number of furan rings is 2. The van der Waals surface area contributed by atoms with Crippen molar-refractivity contribution in [1.29, 1.82) is 0 Å². The lowest BCUT2D eigenvalue weighted by molar-refractivity contribution is 0.101. The predicted octanol–water partition coefficient (Wildman–Crippen LogP) is 8.99. The second kappa shape index (κ2) is 11.2. The summed E-state index contributed by atoms with van der Waals surface area (Å²) in [6, 6.07) is 7.35. The van der Waals surface area contributed by atoms with Crippen LogP contribution in [0, 0.1) is 5.41 Å². The number of hydrogen-bond donors (Lipinski definition) is 1. The van der Waals surface area contributed by atoms with Gasteiger partial charge in [-0.1, -0.05) is 48.1 Å². The molecule has 0 unspecified atom stereocenters. The zero-order chi connectivity index (χ0) is 25.6. The zero-order valence-corrected chi connectivity index (χ0v) is 21.8. The first kappa shape index (κ1) is 27.0. The Morgan fingerprint density at radius 1 is 1.00 bits per heavy atom. The van der Waals surface area contributed by atoms with Crippen molar-refractivity contribution in [2.75, 3.05) is 0 Å². The van der Waals surface area contributed by atoms with Crippen LogP contribution in [0.25, 0.3) is 16.7 Å². The Kier molecular flexibility index (Phi) is 8.92. The van der Waals surface area contributed by atoms with Crippen molar-refractivity contribution >= 4 is 22.5 Å². The van der Waals surface area contributed by atoms with E-state index in [1.54, 1.807) is 31.1 Å². The number of ketones is 1. The maximum Gasteiger partial charge on any atom is 0.163 e. The third kappa shape index (κ3) is 5.61. The van der Waals surface area contributed by atoms with Crippen LogP contribution >= 0.6 is 0 Å². The van der Waals surface area contributed by atoms with Crippen molar-refractivity contribution in [2.45, 2.75) is 67.7 Å². The second-order valence-corrected chi connectivity index (χ2v) is 9.34. The fraction of sp³-hybridized carbons (Fsp3) is 0.367. The lowest BCUT2D eigenvalue weighted by atomic mass is 9.72. The van der Waals surface area contributed by atoms with Gasteiger partial charge >= 0.3 is 0 Å². The summed E-state index contributed by atoms with van der Waals surface area (Å²) in [5, 5.41) is 10.7. The highest BCUT2D eigenvalue weighted by Gasteiger charge is 2.29. The maximum absolute atomic E-state index is 12.2. The maximum atomic E-state index is 12.2. The van der Waals surface area contributed by atoms with E-state index in [2.05, 4.69) is 34.3 Å². The van der Waals surface area contributed by atoms with Gasteiger partial charge in [0.05, 0.1) is 30.6 Å². The number of benzene rings is 1. The molecule has 4 nitrogen and oxygen atoms in total. The fourth-order valence-electron chi connectivity index (χ4n) is 4.54. The first-order valence-corrected chi connectivity index (χ1v) is 11.9. The SMILES string of the molecule is C=C(/C(=C(\C)c1cc(O)c(C(C)=O)cc1[C@@H](CC)C(C)(C)C)c1ccoc1)c1ccoc1.CC. The van der Waals surface area contributed by atoms with Crippen LogP contribution in [0.1, 0.15) is 100 Å². The van der Waals surface area contributed by atoms with Crippen molar-refractivity contribution < 1.29 is 18.7 Å². The number of Topliss-reactive ketones (excluding diaryl/α,β-unsaturated/α-hetero) is 1. The molecule has 4 heteroatoms. The Labute approximate surface area is 204 Å². The molecule has 0 aliphatic heterocycles. The zero-order valence-electron chi connectivity index (χ0n) is 21.8. The molecule has 0 fully saturated rings. The van der Waals surface area contributed by atoms with Gasteiger partial charge in [0.2, 0.25) is 0 Å². The molecule has 0 saturated heterocycles. The third-order valence-electron chi connectivity index (χ3n) is 6.14. The molecule has 0 spiro atoms. The second-order valence-electron chi connectivity index (χ2n) is 9.34. The van der Waals surface area contributed by atoms with Crippen LogP contribution in [0.4, 0.5) is 0 Å². The molecular weight excluding hydrogens is 424 g/mol. The molecule has 0 amide bonds. The monoisotopic (exact) mass is 462 g/mol. The fourth-order valence-corrected chi connectivity index (χ4v) is 4.54. The summed E-state index contributed by atoms with van der Waals surface area (Å²) in [6.45, 7) is 20.6. The molecule has 34 heavy (non-hydrogen) atoms. The Morgan fingerprint density at radius 2 is 1.56 bits per heavy atom. The van der Waals surface area contributed by atoms with E-state index >= 15 is 0 Å². The van der Waals surface area contributed by atoms with Crippen LogP contribution in [0.5, 0.6) is 5.75 Å². The van der Waals surface area contributed by atoms with Crippen LogP contribution in [0.2, 0.25) is 0 Å². The molecule has 1 N–H and O–H groups in total. The van der Waals surface area contributed by atoms with Crippen LogP contribution in [-0.4, -0.2) is 10.9 Å². The summed E-state index contributed by atoms with van der Waals surface area (Å²) in [5.41, 5.74) is 6.65. The first-order valence-electron chi connectivity index (χ1n) is 11.9. The van der Waals surface area contributed by atoms with Crippen LogP contribution in [0.15, 0.2) is 64.7 Å². The highest BCUT2D eigenvalue weighted by molar-refractivity contribution is 6.14. The van der Waals surface area contributed by atoms with Crippen molar-refractivity contribution in [2.24, 2.45) is 5.41 Å². The number of phenolic OH excluding ortho intramolecular Hbond substituents is 1. The molecule has 2 heterocycles. The van der Waals surface area contributed by atoms with E-state index in [9.17, 15) is 9.90 Å². The number of aromatic hydroxyl groups is 1. The Bertz CT molecular complexity index is 1140. The molecular formula is C30H38O4. The van der Waals surface area contributed by atoms with Gasteiger partial charge in [-0.05, 0) is 83.7 Å². The average molecular weight is 463 g/mol. The molecule has 2 aromatic heterocycles. The predicted molar refractivity (Wildman–Crippen MR) is 141 cm³/mol. The molecule has 182 valence electrons. The van der Waals surface area contributed by atoms with E-state index in [1.165, 1.54) is 6.92 Å². The summed E-state index contributed by atoms with van der Waals surface area (Å²) in [6.07, 6.45) is 7.50. The van der Waals surface area contributed by atoms with Gasteiger partial charge in [-0.3, -0.25) is 4.79 Å². The van der Waals surface area contributed by atoms with Gasteiger partial charge in [-0.25, -0.2) is 0 Å². The van der Waals surface area contributed by atoms with E-state index in [-0.39, 0.29) is 22.9 Å². The van der Waals surface area contributed by atoms with Crippen LogP contribution in [-0.2, 0) is 0 Å². The summed E-state index contributed by atoms with van der Waals surface area (Å²) >= 11 is 0. The highest BCUT2D eigenvalue weighted by Crippen LogP contribution is 2.45. The van der Waals surface area contributed by atoms with Gasteiger partial charge in [0.1, 0.15) is 5.75 Å². The average Bonchev–Trinajstić information content (AvgIpc) is 3.50. The Morgan fingerprint density at radius 3 is 2.00 bits per heavy atom. The van der Waals surface area contributed by atoms with E-state index in [1.807, 2.05) is 39.0 Å². The first-order chi connectivity index (χ1) is 16.1. The van der Waals surface area contributed by atoms with Crippen molar-refractivity contribution in [1.82, 2.24) is 0 Å². The van der Waals surface area contributed by atoms with Gasteiger partial charge in [0, 0.05) is 11.1 Å². The molecule has 1 atom stereocenters. The summed E-state index contributed by atoms with van der Waals surface area (Å²) in [5.74, 6) is 0.0114. The normalized spacial score (nSPS) is 12.9. The number of allylic oxidation sites excluding steroid dienone is 3. The van der Waals surface area contributed by atoms with Crippen LogP contribution < -0.4 is 0 Å². The van der Waals surface area contributed by atoms with E-state index in [0.29, 0.717) is 5.56 Å². The molecule has 3 aromatic rings. The quantitative estimate of drug-likeness (QED) is 0.281. The minimum atomic E-state index is -0.154. The topological polar surface area (TPSA) is 63.6 Å². The van der Waals surface area contributed by atoms with Crippen molar-refractivity contribution in [3.05, 3.63) is 83.7 Å². The van der Waals surface area contributed by atoms with Gasteiger partial charge in [-0.15, -0.1) is 0 Å². The van der Waals surface area contributed by atoms with Gasteiger partial charge in [0.25, 0.3) is 0 Å². The van der Waals surface area contributed by atoms with E-state index < -0.39 is 0 Å². The molecule has 0 aliphatic carbocycles. The number of rotatable bonds is 7. The van der Waals surface area contributed by atoms with Gasteiger partial charge in [-0.2, -0.15) is 0 Å². The third-order valence-corrected chi connectivity index (χ3v) is 6.14. The summed E-state index contributed by atoms with van der Waals surface area (Å²) < 4.78 is 10.7. The molecule has 0 aliphatic rings. The van der Waals surface area contributed by atoms with Gasteiger partial charge < -0.3 is 13.9 Å². The number of phenols is 1. The van der Waals surface area contributed by atoms with E-state index in [4.69, 9.17) is 8.83 Å². The lowest BCUT2D eigenvalue weighted by Gasteiger charge is -2.33. The Balaban J connectivity index is 0.00000199. The molecule has 3 rings (SSSR count). The minimum Gasteiger partial charge on any atom is -0.507 e.